The zero-order chi connectivity index (χ0) is 19.6. The summed E-state index contributed by atoms with van der Waals surface area (Å²) in [6, 6.07) is 15.4. The molecule has 0 aromatic heterocycles. The van der Waals surface area contributed by atoms with E-state index in [0.29, 0.717) is 6.61 Å². The standard InChI is InChI=1S/C21H25N3O3/c1-4-16(3)23-20(25)21(26)24-22-13-17-9-11-19(12-10-17)27-14-18-7-5-15(2)6-8-18/h5-13,16H,4,14H2,1-3H3,(H,23,25)(H,24,26)/b22-13-/t16-/m0/s1. The van der Waals surface area contributed by atoms with Crippen molar-refractivity contribution in [3.63, 3.8) is 0 Å². The molecule has 2 N–H and O–H groups in total. The number of aryl methyl sites for hydroxylation is 1. The molecule has 0 saturated carbocycles. The fourth-order valence-electron chi connectivity index (χ4n) is 2.11. The summed E-state index contributed by atoms with van der Waals surface area (Å²) in [6.45, 7) is 6.30. The SMILES string of the molecule is CC[C@H](C)NC(=O)C(=O)N/N=C\c1ccc(OCc2ccc(C)cc2)cc1. The molecule has 6 heteroatoms. The van der Waals surface area contributed by atoms with Gasteiger partial charge in [0.05, 0.1) is 6.21 Å². The highest BCUT2D eigenvalue weighted by atomic mass is 16.5. The van der Waals surface area contributed by atoms with Gasteiger partial charge < -0.3 is 10.1 Å². The molecule has 2 aromatic carbocycles. The van der Waals surface area contributed by atoms with Crippen molar-refractivity contribution in [3.05, 3.63) is 65.2 Å². The molecule has 0 aliphatic heterocycles. The highest BCUT2D eigenvalue weighted by molar-refractivity contribution is 6.35. The summed E-state index contributed by atoms with van der Waals surface area (Å²) >= 11 is 0. The predicted molar refractivity (Wildman–Crippen MR) is 106 cm³/mol. The van der Waals surface area contributed by atoms with Crippen LogP contribution in [-0.4, -0.2) is 24.1 Å². The molecule has 0 spiro atoms. The summed E-state index contributed by atoms with van der Waals surface area (Å²) in [5.74, 6) is -0.740. The summed E-state index contributed by atoms with van der Waals surface area (Å²) in [5.41, 5.74) is 5.31. The topological polar surface area (TPSA) is 79.8 Å². The molecular formula is C21H25N3O3. The molecule has 0 bridgehead atoms. The Balaban J connectivity index is 1.80. The van der Waals surface area contributed by atoms with Gasteiger partial charge in [0.1, 0.15) is 12.4 Å². The highest BCUT2D eigenvalue weighted by Crippen LogP contribution is 2.14. The number of ether oxygens (including phenoxy) is 1. The first-order valence-electron chi connectivity index (χ1n) is 8.90. The number of rotatable bonds is 7. The van der Waals surface area contributed by atoms with Crippen LogP contribution in [0, 0.1) is 6.92 Å². The van der Waals surface area contributed by atoms with Gasteiger partial charge in [0.25, 0.3) is 0 Å². The smallest absolute Gasteiger partial charge is 0.329 e. The number of benzene rings is 2. The largest absolute Gasteiger partial charge is 0.489 e. The van der Waals surface area contributed by atoms with Crippen molar-refractivity contribution >= 4 is 18.0 Å². The summed E-state index contributed by atoms with van der Waals surface area (Å²) < 4.78 is 5.74. The normalized spacial score (nSPS) is 11.8. The molecule has 2 amide bonds. The Morgan fingerprint density at radius 3 is 2.37 bits per heavy atom. The molecule has 6 nitrogen and oxygen atoms in total. The van der Waals surface area contributed by atoms with Gasteiger partial charge in [-0.05, 0) is 55.7 Å². The molecule has 0 fully saturated rings. The molecule has 0 unspecified atom stereocenters. The Kier molecular flexibility index (Phi) is 7.55. The van der Waals surface area contributed by atoms with Gasteiger partial charge in [-0.2, -0.15) is 5.10 Å². The number of hydrogen-bond donors (Lipinski definition) is 2. The number of carbonyl (C=O) groups is 2. The van der Waals surface area contributed by atoms with Crippen LogP contribution in [0.1, 0.15) is 37.0 Å². The van der Waals surface area contributed by atoms with E-state index in [1.807, 2.05) is 57.2 Å². The molecule has 0 heterocycles. The lowest BCUT2D eigenvalue weighted by molar-refractivity contribution is -0.139. The molecule has 0 saturated heterocycles. The van der Waals surface area contributed by atoms with Gasteiger partial charge in [0, 0.05) is 6.04 Å². The quantitative estimate of drug-likeness (QED) is 0.449. The molecule has 0 aliphatic rings. The fourth-order valence-corrected chi connectivity index (χ4v) is 2.11. The Morgan fingerprint density at radius 1 is 1.07 bits per heavy atom. The lowest BCUT2D eigenvalue weighted by atomic mass is 10.2. The van der Waals surface area contributed by atoms with E-state index in [2.05, 4.69) is 28.0 Å². The molecule has 2 aromatic rings. The number of hydrazone groups is 1. The lowest BCUT2D eigenvalue weighted by Crippen LogP contribution is -2.41. The lowest BCUT2D eigenvalue weighted by Gasteiger charge is -2.09. The van der Waals surface area contributed by atoms with Gasteiger partial charge in [-0.1, -0.05) is 36.8 Å². The molecule has 1 atom stereocenters. The van der Waals surface area contributed by atoms with Crippen molar-refractivity contribution in [3.8, 4) is 5.75 Å². The maximum Gasteiger partial charge on any atom is 0.329 e. The maximum atomic E-state index is 11.6. The average molecular weight is 367 g/mol. The van der Waals surface area contributed by atoms with E-state index in [9.17, 15) is 9.59 Å². The first-order chi connectivity index (χ1) is 13.0. The van der Waals surface area contributed by atoms with Crippen molar-refractivity contribution in [2.24, 2.45) is 5.10 Å². The van der Waals surface area contributed by atoms with Crippen LogP contribution >= 0.6 is 0 Å². The van der Waals surface area contributed by atoms with Crippen LogP contribution in [0.5, 0.6) is 5.75 Å². The van der Waals surface area contributed by atoms with Gasteiger partial charge in [0.15, 0.2) is 0 Å². The van der Waals surface area contributed by atoms with Crippen molar-refractivity contribution in [1.82, 2.24) is 10.7 Å². The van der Waals surface area contributed by atoms with E-state index in [4.69, 9.17) is 4.74 Å². The third-order valence-corrected chi connectivity index (χ3v) is 3.98. The van der Waals surface area contributed by atoms with Gasteiger partial charge in [0.2, 0.25) is 0 Å². The minimum Gasteiger partial charge on any atom is -0.489 e. The van der Waals surface area contributed by atoms with Gasteiger partial charge in [-0.3, -0.25) is 9.59 Å². The summed E-state index contributed by atoms with van der Waals surface area (Å²) in [7, 11) is 0. The third kappa shape index (κ3) is 6.93. The van der Waals surface area contributed by atoms with Gasteiger partial charge in [-0.25, -0.2) is 5.43 Å². The Morgan fingerprint density at radius 2 is 1.74 bits per heavy atom. The second-order valence-electron chi connectivity index (χ2n) is 6.33. The molecule has 2 rings (SSSR count). The number of nitrogens with zero attached hydrogens (tertiary/aromatic N) is 1. The number of carbonyl (C=O) groups excluding carboxylic acids is 2. The highest BCUT2D eigenvalue weighted by Gasteiger charge is 2.14. The minimum atomic E-state index is -0.787. The van der Waals surface area contributed by atoms with E-state index in [1.165, 1.54) is 11.8 Å². The van der Waals surface area contributed by atoms with Gasteiger partial charge >= 0.3 is 11.8 Å². The van der Waals surface area contributed by atoms with E-state index < -0.39 is 11.8 Å². The Bertz CT molecular complexity index is 783. The van der Waals surface area contributed by atoms with Crippen LogP contribution in [0.15, 0.2) is 53.6 Å². The summed E-state index contributed by atoms with van der Waals surface area (Å²) in [4.78, 5) is 23.2. The monoisotopic (exact) mass is 367 g/mol. The first-order valence-corrected chi connectivity index (χ1v) is 8.90. The van der Waals surface area contributed by atoms with Crippen molar-refractivity contribution in [2.75, 3.05) is 0 Å². The third-order valence-electron chi connectivity index (χ3n) is 3.98. The van der Waals surface area contributed by atoms with Crippen molar-refractivity contribution < 1.29 is 14.3 Å². The molecule has 27 heavy (non-hydrogen) atoms. The van der Waals surface area contributed by atoms with Crippen molar-refractivity contribution in [2.45, 2.75) is 39.8 Å². The predicted octanol–water partition coefficient (Wildman–Crippen LogP) is 2.94. The van der Waals surface area contributed by atoms with Crippen LogP contribution in [0.2, 0.25) is 0 Å². The summed E-state index contributed by atoms with van der Waals surface area (Å²) in [5, 5.41) is 6.38. The van der Waals surface area contributed by atoms with Crippen LogP contribution < -0.4 is 15.5 Å². The van der Waals surface area contributed by atoms with E-state index in [0.717, 1.165) is 23.3 Å². The molecule has 0 radical (unpaired) electrons. The second-order valence-corrected chi connectivity index (χ2v) is 6.33. The number of nitrogens with one attached hydrogen (secondary N) is 2. The van der Waals surface area contributed by atoms with E-state index >= 15 is 0 Å². The fraction of sp³-hybridized carbons (Fsp3) is 0.286. The number of hydrogen-bond acceptors (Lipinski definition) is 4. The first kappa shape index (κ1) is 20.2. The zero-order valence-corrected chi connectivity index (χ0v) is 15.9. The zero-order valence-electron chi connectivity index (χ0n) is 15.9. The average Bonchev–Trinajstić information content (AvgIpc) is 2.68. The van der Waals surface area contributed by atoms with Crippen LogP contribution in [0.3, 0.4) is 0 Å². The maximum absolute atomic E-state index is 11.6. The minimum absolute atomic E-state index is 0.0558. The van der Waals surface area contributed by atoms with E-state index in [1.54, 1.807) is 0 Å². The van der Waals surface area contributed by atoms with E-state index in [-0.39, 0.29) is 6.04 Å². The van der Waals surface area contributed by atoms with Crippen LogP contribution in [-0.2, 0) is 16.2 Å². The molecule has 142 valence electrons. The van der Waals surface area contributed by atoms with Crippen LogP contribution in [0.25, 0.3) is 0 Å². The Labute approximate surface area is 159 Å². The number of amides is 2. The van der Waals surface area contributed by atoms with Gasteiger partial charge in [-0.15, -0.1) is 0 Å². The van der Waals surface area contributed by atoms with Crippen molar-refractivity contribution in [1.29, 1.82) is 0 Å². The second kappa shape index (κ2) is 10.1. The van der Waals surface area contributed by atoms with Crippen LogP contribution in [0.4, 0.5) is 0 Å². The molecular weight excluding hydrogens is 342 g/mol. The summed E-state index contributed by atoms with van der Waals surface area (Å²) in [6.07, 6.45) is 2.22. The Hall–Kier alpha value is -3.15. The molecule has 0 aliphatic carbocycles.